The first kappa shape index (κ1) is 24.9. The molecule has 35 heavy (non-hydrogen) atoms. The van der Waals surface area contributed by atoms with Gasteiger partial charge in [-0.1, -0.05) is 23.7 Å². The number of carbonyl (C=O) groups is 3. The first-order valence-corrected chi connectivity index (χ1v) is 12.4. The van der Waals surface area contributed by atoms with E-state index in [4.69, 9.17) is 11.6 Å². The highest BCUT2D eigenvalue weighted by Crippen LogP contribution is 2.26. The van der Waals surface area contributed by atoms with E-state index in [1.165, 1.54) is 0 Å². The molecule has 3 amide bonds. The van der Waals surface area contributed by atoms with Gasteiger partial charge in [-0.05, 0) is 65.4 Å². The fraction of sp³-hybridized carbons (Fsp3) is 0.292. The van der Waals surface area contributed by atoms with Crippen molar-refractivity contribution in [2.24, 2.45) is 5.92 Å². The maximum Gasteiger partial charge on any atom is 0.273 e. The number of halogens is 2. The lowest BCUT2D eigenvalue weighted by atomic mass is 9.93. The van der Waals surface area contributed by atoms with Gasteiger partial charge in [0.05, 0.1) is 15.1 Å². The first-order valence-electron chi connectivity index (χ1n) is 11.2. The molecule has 2 aromatic heterocycles. The quantitative estimate of drug-likeness (QED) is 0.402. The third kappa shape index (κ3) is 6.07. The summed E-state index contributed by atoms with van der Waals surface area (Å²) in [7, 11) is 0. The predicted octanol–water partition coefficient (Wildman–Crippen LogP) is 4.15. The van der Waals surface area contributed by atoms with Crippen molar-refractivity contribution in [2.45, 2.75) is 19.3 Å². The van der Waals surface area contributed by atoms with Gasteiger partial charge in [0.15, 0.2) is 5.69 Å². The van der Waals surface area contributed by atoms with Crippen LogP contribution in [0.1, 0.15) is 50.5 Å². The fourth-order valence-corrected chi connectivity index (χ4v) is 4.64. The molecule has 0 bridgehead atoms. The Kier molecular flexibility index (Phi) is 8.14. The molecule has 0 aliphatic carbocycles. The van der Waals surface area contributed by atoms with E-state index >= 15 is 0 Å². The Morgan fingerprint density at radius 3 is 2.51 bits per heavy atom. The van der Waals surface area contributed by atoms with E-state index in [-0.39, 0.29) is 23.3 Å². The molecule has 0 atom stereocenters. The SMILES string of the molecule is O=C(Nc1[nH]nc(C(=O)NCCC2CCN(C(=O)c3ccncc3)CC2)c1Br)c1ccccc1Cl. The Labute approximate surface area is 215 Å². The summed E-state index contributed by atoms with van der Waals surface area (Å²) in [6.07, 6.45) is 5.82. The molecule has 4 rings (SSSR count). The largest absolute Gasteiger partial charge is 0.351 e. The van der Waals surface area contributed by atoms with E-state index in [9.17, 15) is 14.4 Å². The van der Waals surface area contributed by atoms with E-state index in [1.54, 1.807) is 48.8 Å². The Bertz CT molecular complexity index is 1210. The molecular formula is C24H24BrClN6O3. The molecule has 0 saturated carbocycles. The van der Waals surface area contributed by atoms with E-state index < -0.39 is 5.91 Å². The third-order valence-corrected chi connectivity index (χ3v) is 7.05. The van der Waals surface area contributed by atoms with Crippen molar-refractivity contribution in [2.75, 3.05) is 25.0 Å². The number of benzene rings is 1. The number of carbonyl (C=O) groups excluding carboxylic acids is 3. The molecule has 3 heterocycles. The van der Waals surface area contributed by atoms with Crippen LogP contribution >= 0.6 is 27.5 Å². The number of nitrogens with zero attached hydrogens (tertiary/aromatic N) is 3. The van der Waals surface area contributed by atoms with E-state index in [2.05, 4.69) is 41.7 Å². The number of anilines is 1. The van der Waals surface area contributed by atoms with E-state index in [0.29, 0.717) is 46.2 Å². The highest BCUT2D eigenvalue weighted by atomic mass is 79.9. The smallest absolute Gasteiger partial charge is 0.273 e. The minimum absolute atomic E-state index is 0.0277. The standard InChI is InChI=1S/C24H24BrClN6O3/c25-19-20(30-31-21(19)29-22(33)17-3-1-2-4-18(17)26)23(34)28-12-5-15-8-13-32(14-9-15)24(35)16-6-10-27-11-7-16/h1-4,6-7,10-11,15H,5,8-9,12-14H2,(H,28,34)(H2,29,30,31,33). The average molecular weight is 560 g/mol. The van der Waals surface area contributed by atoms with Crippen LogP contribution < -0.4 is 10.6 Å². The Morgan fingerprint density at radius 2 is 1.80 bits per heavy atom. The lowest BCUT2D eigenvalue weighted by Crippen LogP contribution is -2.39. The topological polar surface area (TPSA) is 120 Å². The normalized spacial score (nSPS) is 13.9. The van der Waals surface area contributed by atoms with E-state index in [1.807, 2.05) is 4.90 Å². The minimum Gasteiger partial charge on any atom is -0.351 e. The molecule has 182 valence electrons. The summed E-state index contributed by atoms with van der Waals surface area (Å²) in [5, 5.41) is 12.6. The van der Waals surface area contributed by atoms with Crippen molar-refractivity contribution in [1.29, 1.82) is 0 Å². The summed E-state index contributed by atoms with van der Waals surface area (Å²) in [5.74, 6) is -0.0477. The van der Waals surface area contributed by atoms with Gasteiger partial charge in [-0.25, -0.2) is 0 Å². The molecule has 0 radical (unpaired) electrons. The molecule has 1 aliphatic rings. The number of nitrogens with one attached hydrogen (secondary N) is 3. The second kappa shape index (κ2) is 11.5. The van der Waals surface area contributed by atoms with E-state index in [0.717, 1.165) is 19.3 Å². The molecule has 0 spiro atoms. The number of amides is 3. The third-order valence-electron chi connectivity index (χ3n) is 5.95. The van der Waals surface area contributed by atoms with Gasteiger partial charge in [0, 0.05) is 37.6 Å². The van der Waals surface area contributed by atoms with Gasteiger partial charge in [-0.3, -0.25) is 24.5 Å². The molecule has 9 nitrogen and oxygen atoms in total. The summed E-state index contributed by atoms with van der Waals surface area (Å²) in [4.78, 5) is 43.5. The van der Waals surface area contributed by atoms with Crippen LogP contribution in [0.2, 0.25) is 5.02 Å². The van der Waals surface area contributed by atoms with Crippen molar-refractivity contribution >= 4 is 51.1 Å². The monoisotopic (exact) mass is 558 g/mol. The predicted molar refractivity (Wildman–Crippen MR) is 136 cm³/mol. The number of rotatable bonds is 7. The molecule has 1 saturated heterocycles. The lowest BCUT2D eigenvalue weighted by molar-refractivity contribution is 0.0686. The molecule has 3 N–H and O–H groups in total. The van der Waals surface area contributed by atoms with Crippen LogP contribution in [0, 0.1) is 5.92 Å². The number of pyridine rings is 1. The maximum absolute atomic E-state index is 12.6. The highest BCUT2D eigenvalue weighted by molar-refractivity contribution is 9.10. The van der Waals surface area contributed by atoms with Crippen molar-refractivity contribution in [3.8, 4) is 0 Å². The van der Waals surface area contributed by atoms with Crippen LogP contribution in [0.3, 0.4) is 0 Å². The maximum atomic E-state index is 12.6. The average Bonchev–Trinajstić information content (AvgIpc) is 3.24. The molecule has 11 heteroatoms. The fourth-order valence-electron chi connectivity index (χ4n) is 3.96. The van der Waals surface area contributed by atoms with Crippen LogP contribution in [-0.4, -0.2) is 57.4 Å². The Hall–Kier alpha value is -3.24. The van der Waals surface area contributed by atoms with Crippen LogP contribution in [0.4, 0.5) is 5.82 Å². The number of hydrogen-bond donors (Lipinski definition) is 3. The summed E-state index contributed by atoms with van der Waals surface area (Å²) in [6, 6.07) is 10.1. The van der Waals surface area contributed by atoms with Gasteiger partial charge in [0.25, 0.3) is 17.7 Å². The van der Waals surface area contributed by atoms with Crippen LogP contribution in [0.25, 0.3) is 0 Å². The van der Waals surface area contributed by atoms with Crippen molar-refractivity contribution in [1.82, 2.24) is 25.4 Å². The molecule has 1 fully saturated rings. The number of aromatic nitrogens is 3. The molecular weight excluding hydrogens is 536 g/mol. The van der Waals surface area contributed by atoms with Crippen molar-refractivity contribution < 1.29 is 14.4 Å². The second-order valence-electron chi connectivity index (χ2n) is 8.21. The molecule has 1 aromatic carbocycles. The summed E-state index contributed by atoms with van der Waals surface area (Å²) in [5.41, 5.74) is 1.12. The number of piperidine rings is 1. The van der Waals surface area contributed by atoms with Crippen molar-refractivity contribution in [3.63, 3.8) is 0 Å². The highest BCUT2D eigenvalue weighted by Gasteiger charge is 2.24. The summed E-state index contributed by atoms with van der Waals surface area (Å²) in [6.45, 7) is 1.88. The zero-order valence-corrected chi connectivity index (χ0v) is 21.1. The van der Waals surface area contributed by atoms with Gasteiger partial charge in [0.2, 0.25) is 0 Å². The zero-order valence-electron chi connectivity index (χ0n) is 18.8. The van der Waals surface area contributed by atoms with Gasteiger partial charge in [-0.15, -0.1) is 0 Å². The number of hydrogen-bond acceptors (Lipinski definition) is 5. The second-order valence-corrected chi connectivity index (χ2v) is 9.41. The number of likely N-dealkylation sites (tertiary alicyclic amines) is 1. The Balaban J connectivity index is 1.23. The first-order chi connectivity index (χ1) is 16.9. The summed E-state index contributed by atoms with van der Waals surface area (Å²) < 4.78 is 0.360. The Morgan fingerprint density at radius 1 is 1.09 bits per heavy atom. The van der Waals surface area contributed by atoms with Crippen LogP contribution in [0.5, 0.6) is 0 Å². The van der Waals surface area contributed by atoms with Crippen LogP contribution in [-0.2, 0) is 0 Å². The van der Waals surface area contributed by atoms with Gasteiger partial charge in [0.1, 0.15) is 5.82 Å². The van der Waals surface area contributed by atoms with Crippen LogP contribution in [0.15, 0.2) is 53.3 Å². The zero-order chi connectivity index (χ0) is 24.8. The molecule has 0 unspecified atom stereocenters. The molecule has 3 aromatic rings. The van der Waals surface area contributed by atoms with Gasteiger partial charge in [-0.2, -0.15) is 5.10 Å². The summed E-state index contributed by atoms with van der Waals surface area (Å²) >= 11 is 9.41. The number of aromatic amines is 1. The molecule has 1 aliphatic heterocycles. The lowest BCUT2D eigenvalue weighted by Gasteiger charge is -2.32. The van der Waals surface area contributed by atoms with Crippen molar-refractivity contribution in [3.05, 3.63) is 75.1 Å². The minimum atomic E-state index is -0.416. The van der Waals surface area contributed by atoms with Gasteiger partial charge >= 0.3 is 0 Å². The number of H-pyrrole nitrogens is 1. The van der Waals surface area contributed by atoms with Gasteiger partial charge < -0.3 is 15.5 Å².